The van der Waals surface area contributed by atoms with Gasteiger partial charge in [-0.2, -0.15) is 0 Å². The van der Waals surface area contributed by atoms with Gasteiger partial charge in [0.15, 0.2) is 0 Å². The Morgan fingerprint density at radius 2 is 2.17 bits per heavy atom. The van der Waals surface area contributed by atoms with Crippen LogP contribution < -0.4 is 4.74 Å². The Labute approximate surface area is 139 Å². The highest BCUT2D eigenvalue weighted by Gasteiger charge is 2.45. The molecule has 3 N–H and O–H groups in total. The molecule has 1 aliphatic rings. The third-order valence-corrected chi connectivity index (χ3v) is 3.70. The molecule has 0 radical (unpaired) electrons. The Morgan fingerprint density at radius 3 is 2.71 bits per heavy atom. The Hall–Kier alpha value is -2.14. The second-order valence-corrected chi connectivity index (χ2v) is 5.30. The van der Waals surface area contributed by atoms with Gasteiger partial charge in [-0.15, -0.1) is 0 Å². The van der Waals surface area contributed by atoms with Crippen LogP contribution in [0.2, 0.25) is 5.02 Å². The molecule has 1 aromatic carbocycles. The fourth-order valence-electron chi connectivity index (χ4n) is 2.17. The number of hydrogen-bond donors (Lipinski definition) is 3. The summed E-state index contributed by atoms with van der Waals surface area (Å²) in [6, 6.07) is 2.08. The lowest BCUT2D eigenvalue weighted by Crippen LogP contribution is -2.59. The van der Waals surface area contributed by atoms with E-state index in [1.54, 1.807) is 0 Å². The van der Waals surface area contributed by atoms with E-state index in [1.165, 1.54) is 6.07 Å². The molecular weight excluding hydrogens is 348 g/mol. The van der Waals surface area contributed by atoms with Crippen molar-refractivity contribution in [3.05, 3.63) is 43.8 Å². The molecule has 1 fully saturated rings. The Bertz CT molecular complexity index is 669. The van der Waals surface area contributed by atoms with Crippen LogP contribution >= 0.6 is 11.6 Å². The molecule has 0 spiro atoms. The molecule has 0 aliphatic carbocycles. The van der Waals surface area contributed by atoms with Crippen LogP contribution in [0.1, 0.15) is 0 Å². The number of nitro benzene ring substituents is 1. The highest BCUT2D eigenvalue weighted by atomic mass is 35.5. The number of benzene rings is 1. The summed E-state index contributed by atoms with van der Waals surface area (Å²) in [6.45, 7) is -0.616. The van der Waals surface area contributed by atoms with Gasteiger partial charge in [-0.3, -0.25) is 10.1 Å². The number of nitrogens with zero attached hydrogens (tertiary/aromatic N) is 4. The fraction of sp³-hybridized carbons (Fsp3) is 0.500. The molecule has 0 amide bonds. The zero-order valence-electron chi connectivity index (χ0n) is 12.0. The van der Waals surface area contributed by atoms with Gasteiger partial charge in [0, 0.05) is 17.0 Å². The van der Waals surface area contributed by atoms with Crippen molar-refractivity contribution in [3.63, 3.8) is 0 Å². The first-order valence-electron chi connectivity index (χ1n) is 6.66. The van der Waals surface area contributed by atoms with Gasteiger partial charge in [0.25, 0.3) is 5.69 Å². The number of nitro groups is 1. The van der Waals surface area contributed by atoms with Crippen LogP contribution in [0.4, 0.5) is 5.69 Å². The van der Waals surface area contributed by atoms with Crippen molar-refractivity contribution in [2.24, 2.45) is 5.11 Å². The Morgan fingerprint density at radius 1 is 1.46 bits per heavy atom. The number of azide groups is 1. The normalized spacial score (nSPS) is 29.6. The summed E-state index contributed by atoms with van der Waals surface area (Å²) in [7, 11) is 0. The van der Waals surface area contributed by atoms with E-state index in [9.17, 15) is 25.4 Å². The number of ether oxygens (including phenoxy) is 2. The molecule has 1 aromatic rings. The molecule has 24 heavy (non-hydrogen) atoms. The van der Waals surface area contributed by atoms with Crippen molar-refractivity contribution in [3.8, 4) is 5.75 Å². The summed E-state index contributed by atoms with van der Waals surface area (Å²) in [5, 5.41) is 42.9. The maximum absolute atomic E-state index is 10.7. The largest absolute Gasteiger partial charge is 0.463 e. The van der Waals surface area contributed by atoms with Gasteiger partial charge in [-0.05, 0) is 11.6 Å². The molecule has 0 saturated carbocycles. The average Bonchev–Trinajstić information content (AvgIpc) is 2.55. The van der Waals surface area contributed by atoms with Crippen LogP contribution in [-0.4, -0.2) is 57.5 Å². The average molecular weight is 361 g/mol. The molecule has 2 rings (SSSR count). The smallest absolute Gasteiger partial charge is 0.271 e. The minimum atomic E-state index is -1.55. The van der Waals surface area contributed by atoms with E-state index in [0.29, 0.717) is 0 Å². The highest BCUT2D eigenvalue weighted by molar-refractivity contribution is 6.32. The lowest BCUT2D eigenvalue weighted by molar-refractivity contribution is -0.384. The third kappa shape index (κ3) is 3.67. The number of halogens is 1. The first-order valence-corrected chi connectivity index (χ1v) is 7.04. The Balaban J connectivity index is 2.27. The van der Waals surface area contributed by atoms with Gasteiger partial charge in [-0.25, -0.2) is 0 Å². The van der Waals surface area contributed by atoms with Crippen LogP contribution in [0.15, 0.2) is 23.3 Å². The molecule has 11 nitrogen and oxygen atoms in total. The first-order chi connectivity index (χ1) is 11.4. The topological polar surface area (TPSA) is 171 Å². The van der Waals surface area contributed by atoms with Crippen molar-refractivity contribution in [2.45, 2.75) is 30.6 Å². The maximum Gasteiger partial charge on any atom is 0.271 e. The van der Waals surface area contributed by atoms with Crippen LogP contribution in [-0.2, 0) is 4.74 Å². The lowest BCUT2D eigenvalue weighted by atomic mass is 9.98. The second kappa shape index (κ2) is 7.62. The summed E-state index contributed by atoms with van der Waals surface area (Å²) >= 11 is 5.90. The van der Waals surface area contributed by atoms with Crippen molar-refractivity contribution in [1.82, 2.24) is 0 Å². The van der Waals surface area contributed by atoms with Crippen molar-refractivity contribution < 1.29 is 29.7 Å². The van der Waals surface area contributed by atoms with Gasteiger partial charge in [0.2, 0.25) is 6.29 Å². The van der Waals surface area contributed by atoms with Crippen molar-refractivity contribution in [2.75, 3.05) is 6.61 Å². The maximum atomic E-state index is 10.7. The minimum Gasteiger partial charge on any atom is -0.463 e. The number of aliphatic hydroxyl groups is 3. The van der Waals surface area contributed by atoms with E-state index >= 15 is 0 Å². The third-order valence-electron chi connectivity index (χ3n) is 3.40. The summed E-state index contributed by atoms with van der Waals surface area (Å²) in [6.07, 6.45) is -5.58. The lowest BCUT2D eigenvalue weighted by Gasteiger charge is -2.40. The molecule has 0 aromatic heterocycles. The standard InChI is InChI=1S/C12H13ClN4O7/c13-6-3-5(17(21)22)1-2-7(6)23-12-9(15-16-14)11(20)10(19)8(4-18)24-12/h1-3,8-12,18-20H,4H2/t8-,9-,10+,11-,12?/m1/s1. The molecular formula is C12H13ClN4O7. The molecule has 1 saturated heterocycles. The number of aliphatic hydroxyl groups excluding tert-OH is 3. The second-order valence-electron chi connectivity index (χ2n) is 4.89. The van der Waals surface area contributed by atoms with Gasteiger partial charge in [-0.1, -0.05) is 16.7 Å². The molecule has 1 heterocycles. The predicted molar refractivity (Wildman–Crippen MR) is 79.4 cm³/mol. The fourth-order valence-corrected chi connectivity index (χ4v) is 2.39. The van der Waals surface area contributed by atoms with E-state index in [1.807, 2.05) is 0 Å². The molecule has 130 valence electrons. The van der Waals surface area contributed by atoms with Crippen LogP contribution in [0.5, 0.6) is 5.75 Å². The van der Waals surface area contributed by atoms with Crippen molar-refractivity contribution in [1.29, 1.82) is 0 Å². The van der Waals surface area contributed by atoms with Gasteiger partial charge in [0.05, 0.1) is 22.7 Å². The summed E-state index contributed by atoms with van der Waals surface area (Å²) < 4.78 is 10.7. The molecule has 1 unspecified atom stereocenters. The summed E-state index contributed by atoms with van der Waals surface area (Å²) in [5.74, 6) is -0.0225. The summed E-state index contributed by atoms with van der Waals surface area (Å²) in [4.78, 5) is 12.6. The molecule has 12 heteroatoms. The highest BCUT2D eigenvalue weighted by Crippen LogP contribution is 2.32. The quantitative estimate of drug-likeness (QED) is 0.228. The Kier molecular flexibility index (Phi) is 5.78. The van der Waals surface area contributed by atoms with Crippen molar-refractivity contribution >= 4 is 17.3 Å². The zero-order valence-corrected chi connectivity index (χ0v) is 12.7. The van der Waals surface area contributed by atoms with E-state index < -0.39 is 42.2 Å². The molecule has 1 aliphatic heterocycles. The zero-order chi connectivity index (χ0) is 17.9. The SMILES string of the molecule is [N-]=[N+]=N[C@H]1C(Oc2ccc([N+](=O)[O-])cc2Cl)O[C@H](CO)[C@H](O)[C@@H]1O. The number of rotatable bonds is 5. The van der Waals surface area contributed by atoms with Gasteiger partial charge >= 0.3 is 0 Å². The minimum absolute atomic E-state index is 0.0225. The molecule has 0 bridgehead atoms. The predicted octanol–water partition coefficient (Wildman–Crippen LogP) is 0.745. The van der Waals surface area contributed by atoms with Crippen LogP contribution in [0, 0.1) is 10.1 Å². The first kappa shape index (κ1) is 18.2. The van der Waals surface area contributed by atoms with Crippen LogP contribution in [0.3, 0.4) is 0 Å². The number of hydrogen-bond acceptors (Lipinski definition) is 8. The summed E-state index contributed by atoms with van der Waals surface area (Å²) in [5.41, 5.74) is 8.33. The van der Waals surface area contributed by atoms with E-state index in [4.69, 9.17) is 26.6 Å². The molecule has 5 atom stereocenters. The number of non-ortho nitro benzene ring substituents is 1. The van der Waals surface area contributed by atoms with Crippen LogP contribution in [0.25, 0.3) is 10.4 Å². The van der Waals surface area contributed by atoms with E-state index in [2.05, 4.69) is 10.0 Å². The van der Waals surface area contributed by atoms with Gasteiger partial charge in [0.1, 0.15) is 24.0 Å². The van der Waals surface area contributed by atoms with Gasteiger partial charge < -0.3 is 24.8 Å². The van der Waals surface area contributed by atoms with E-state index in [0.717, 1.165) is 12.1 Å². The van der Waals surface area contributed by atoms with E-state index in [-0.39, 0.29) is 16.5 Å². The monoisotopic (exact) mass is 360 g/mol.